The lowest BCUT2D eigenvalue weighted by Gasteiger charge is -2.18. The van der Waals surface area contributed by atoms with Crippen molar-refractivity contribution in [1.29, 1.82) is 0 Å². The van der Waals surface area contributed by atoms with Crippen molar-refractivity contribution < 1.29 is 9.53 Å². The van der Waals surface area contributed by atoms with Gasteiger partial charge in [-0.15, -0.1) is 0 Å². The average molecular weight is 260 g/mol. The molecule has 17 heavy (non-hydrogen) atoms. The maximum Gasteiger partial charge on any atom is 0.317 e. The van der Waals surface area contributed by atoms with E-state index < -0.39 is 0 Å². The summed E-state index contributed by atoms with van der Waals surface area (Å²) in [6.07, 6.45) is 3.12. The van der Waals surface area contributed by atoms with Crippen LogP contribution in [0.4, 0.5) is 4.79 Å². The number of hydrogen-bond acceptors (Lipinski definition) is 3. The van der Waals surface area contributed by atoms with Gasteiger partial charge in [0, 0.05) is 37.4 Å². The second-order valence-corrected chi connectivity index (χ2v) is 5.77. The van der Waals surface area contributed by atoms with Crippen LogP contribution in [0.15, 0.2) is 0 Å². The van der Waals surface area contributed by atoms with Gasteiger partial charge in [-0.3, -0.25) is 0 Å². The molecule has 0 spiro atoms. The zero-order valence-corrected chi connectivity index (χ0v) is 11.9. The van der Waals surface area contributed by atoms with Crippen LogP contribution < -0.4 is 5.32 Å². The number of hydrogen-bond donors (Lipinski definition) is 1. The van der Waals surface area contributed by atoms with Crippen LogP contribution in [-0.2, 0) is 4.74 Å². The van der Waals surface area contributed by atoms with Gasteiger partial charge < -0.3 is 15.0 Å². The molecule has 0 bridgehead atoms. The summed E-state index contributed by atoms with van der Waals surface area (Å²) < 4.78 is 5.40. The Bertz CT molecular complexity index is 239. The van der Waals surface area contributed by atoms with Gasteiger partial charge in [0.1, 0.15) is 0 Å². The second kappa shape index (κ2) is 7.82. The van der Waals surface area contributed by atoms with Crippen LogP contribution in [0.25, 0.3) is 0 Å². The standard InChI is InChI=1S/C12H24N2O2S/c1-4-16-9-11-5-6-14(8-11)12(15)13-7-10(2)17-3/h10-11H,4-9H2,1-3H3,(H,13,15). The van der Waals surface area contributed by atoms with Gasteiger partial charge in [0.25, 0.3) is 0 Å². The van der Waals surface area contributed by atoms with Gasteiger partial charge in [0.2, 0.25) is 0 Å². The van der Waals surface area contributed by atoms with Crippen molar-refractivity contribution in [1.82, 2.24) is 10.2 Å². The van der Waals surface area contributed by atoms with Crippen molar-refractivity contribution in [3.63, 3.8) is 0 Å². The lowest BCUT2D eigenvalue weighted by Crippen LogP contribution is -2.41. The monoisotopic (exact) mass is 260 g/mol. The normalized spacial score (nSPS) is 21.6. The Morgan fingerprint density at radius 3 is 3.06 bits per heavy atom. The number of nitrogens with zero attached hydrogens (tertiary/aromatic N) is 1. The molecule has 1 aliphatic rings. The molecule has 1 fully saturated rings. The van der Waals surface area contributed by atoms with E-state index in [9.17, 15) is 4.79 Å². The number of rotatable bonds is 6. The third kappa shape index (κ3) is 5.17. The molecular formula is C12H24N2O2S. The summed E-state index contributed by atoms with van der Waals surface area (Å²) in [4.78, 5) is 13.7. The summed E-state index contributed by atoms with van der Waals surface area (Å²) in [6, 6.07) is 0.0740. The Kier molecular flexibility index (Phi) is 6.73. The van der Waals surface area contributed by atoms with Crippen molar-refractivity contribution in [3.8, 4) is 0 Å². The van der Waals surface area contributed by atoms with E-state index in [0.29, 0.717) is 11.2 Å². The number of urea groups is 1. The smallest absolute Gasteiger partial charge is 0.317 e. The van der Waals surface area contributed by atoms with Gasteiger partial charge in [-0.05, 0) is 19.6 Å². The third-order valence-electron chi connectivity index (χ3n) is 3.07. The molecule has 1 saturated heterocycles. The van der Waals surface area contributed by atoms with E-state index in [1.165, 1.54) is 0 Å². The fourth-order valence-corrected chi connectivity index (χ4v) is 2.11. The van der Waals surface area contributed by atoms with E-state index in [1.807, 2.05) is 11.8 Å². The maximum absolute atomic E-state index is 11.8. The van der Waals surface area contributed by atoms with Crippen molar-refractivity contribution >= 4 is 17.8 Å². The van der Waals surface area contributed by atoms with Crippen molar-refractivity contribution in [2.75, 3.05) is 39.1 Å². The highest BCUT2D eigenvalue weighted by molar-refractivity contribution is 7.99. The summed E-state index contributed by atoms with van der Waals surface area (Å²) in [5, 5.41) is 3.45. The average Bonchev–Trinajstić information content (AvgIpc) is 2.81. The minimum atomic E-state index is 0.0740. The Hall–Kier alpha value is -0.420. The van der Waals surface area contributed by atoms with Crippen LogP contribution in [0.5, 0.6) is 0 Å². The molecule has 1 aliphatic heterocycles. The van der Waals surface area contributed by atoms with Crippen LogP contribution in [0, 0.1) is 5.92 Å². The van der Waals surface area contributed by atoms with E-state index in [1.54, 1.807) is 11.8 Å². The first-order valence-corrected chi connectivity index (χ1v) is 7.59. The van der Waals surface area contributed by atoms with Crippen molar-refractivity contribution in [3.05, 3.63) is 0 Å². The van der Waals surface area contributed by atoms with E-state index in [4.69, 9.17) is 4.74 Å². The van der Waals surface area contributed by atoms with Gasteiger partial charge >= 0.3 is 6.03 Å². The molecule has 1 rings (SSSR count). The zero-order valence-electron chi connectivity index (χ0n) is 11.1. The highest BCUT2D eigenvalue weighted by Gasteiger charge is 2.26. The largest absolute Gasteiger partial charge is 0.381 e. The number of thioether (sulfide) groups is 1. The van der Waals surface area contributed by atoms with Crippen LogP contribution in [-0.4, -0.2) is 55.3 Å². The third-order valence-corrected chi connectivity index (χ3v) is 4.05. The molecule has 0 aromatic heterocycles. The van der Waals surface area contributed by atoms with E-state index in [0.717, 1.165) is 39.3 Å². The summed E-state index contributed by atoms with van der Waals surface area (Å²) in [5.74, 6) is 0.513. The van der Waals surface area contributed by atoms with E-state index in [2.05, 4.69) is 18.5 Å². The topological polar surface area (TPSA) is 41.6 Å². The first-order valence-electron chi connectivity index (χ1n) is 6.30. The molecule has 2 amide bonds. The number of carbonyl (C=O) groups is 1. The van der Waals surface area contributed by atoms with Crippen LogP contribution in [0.2, 0.25) is 0 Å². The van der Waals surface area contributed by atoms with Gasteiger partial charge in [0.05, 0.1) is 6.61 Å². The Labute approximate surface area is 108 Å². The highest BCUT2D eigenvalue weighted by Crippen LogP contribution is 2.16. The van der Waals surface area contributed by atoms with Gasteiger partial charge in [-0.25, -0.2) is 4.79 Å². The minimum Gasteiger partial charge on any atom is -0.381 e. The fraction of sp³-hybridized carbons (Fsp3) is 0.917. The number of amides is 2. The number of carbonyl (C=O) groups excluding carboxylic acids is 1. The van der Waals surface area contributed by atoms with Gasteiger partial charge in [-0.1, -0.05) is 6.92 Å². The number of likely N-dealkylation sites (tertiary alicyclic amines) is 1. The van der Waals surface area contributed by atoms with Crippen LogP contribution >= 0.6 is 11.8 Å². The lowest BCUT2D eigenvalue weighted by molar-refractivity contribution is 0.113. The quantitative estimate of drug-likeness (QED) is 0.792. The van der Waals surface area contributed by atoms with Crippen LogP contribution in [0.3, 0.4) is 0 Å². The van der Waals surface area contributed by atoms with Crippen molar-refractivity contribution in [2.45, 2.75) is 25.5 Å². The molecule has 0 radical (unpaired) electrons. The fourth-order valence-electron chi connectivity index (χ4n) is 1.86. The molecular weight excluding hydrogens is 236 g/mol. The Morgan fingerprint density at radius 1 is 1.65 bits per heavy atom. The molecule has 1 heterocycles. The SMILES string of the molecule is CCOCC1CCN(C(=O)NCC(C)SC)C1. The molecule has 4 nitrogen and oxygen atoms in total. The summed E-state index contributed by atoms with van der Waals surface area (Å²) in [6.45, 7) is 8.09. The molecule has 0 saturated carbocycles. The van der Waals surface area contributed by atoms with Gasteiger partial charge in [-0.2, -0.15) is 11.8 Å². The summed E-state index contributed by atoms with van der Waals surface area (Å²) in [7, 11) is 0. The molecule has 0 aromatic rings. The highest BCUT2D eigenvalue weighted by atomic mass is 32.2. The predicted octanol–water partition coefficient (Wildman–Crippen LogP) is 1.81. The van der Waals surface area contributed by atoms with E-state index >= 15 is 0 Å². The summed E-state index contributed by atoms with van der Waals surface area (Å²) >= 11 is 1.77. The molecule has 0 aliphatic carbocycles. The molecule has 2 atom stereocenters. The first kappa shape index (κ1) is 14.6. The zero-order chi connectivity index (χ0) is 12.7. The molecule has 100 valence electrons. The second-order valence-electron chi connectivity index (χ2n) is 4.49. The maximum atomic E-state index is 11.8. The Morgan fingerprint density at radius 2 is 2.41 bits per heavy atom. The van der Waals surface area contributed by atoms with Crippen LogP contribution in [0.1, 0.15) is 20.3 Å². The lowest BCUT2D eigenvalue weighted by atomic mass is 10.1. The minimum absolute atomic E-state index is 0.0740. The summed E-state index contributed by atoms with van der Waals surface area (Å²) in [5.41, 5.74) is 0. The number of ether oxygens (including phenoxy) is 1. The molecule has 2 unspecified atom stereocenters. The molecule has 1 N–H and O–H groups in total. The molecule has 5 heteroatoms. The Balaban J connectivity index is 2.21. The van der Waals surface area contributed by atoms with Gasteiger partial charge in [0.15, 0.2) is 0 Å². The first-order chi connectivity index (χ1) is 8.17. The van der Waals surface area contributed by atoms with Crippen molar-refractivity contribution in [2.24, 2.45) is 5.92 Å². The molecule has 0 aromatic carbocycles. The van der Waals surface area contributed by atoms with E-state index in [-0.39, 0.29) is 6.03 Å². The number of nitrogens with one attached hydrogen (secondary N) is 1. The predicted molar refractivity (Wildman–Crippen MR) is 72.5 cm³/mol.